The molecule has 3 N–H and O–H groups in total. The summed E-state index contributed by atoms with van der Waals surface area (Å²) in [7, 11) is -3.53. The van der Waals surface area contributed by atoms with Crippen LogP contribution in [0.25, 0.3) is 0 Å². The van der Waals surface area contributed by atoms with Crippen molar-refractivity contribution < 1.29 is 12.9 Å². The van der Waals surface area contributed by atoms with E-state index in [4.69, 9.17) is 10.3 Å². The smallest absolute Gasteiger partial charge is 0.250 e. The number of thiophene rings is 1. The molecule has 8 heteroatoms. The highest BCUT2D eigenvalue weighted by Gasteiger charge is 2.16. The molecule has 2 aromatic rings. The maximum absolute atomic E-state index is 11.8. The molecule has 0 atom stereocenters. The number of sulfonamides is 1. The molecule has 0 aromatic carbocycles. The Kier molecular flexibility index (Phi) is 3.18. The third-order valence-electron chi connectivity index (χ3n) is 1.97. The third kappa shape index (κ3) is 2.84. The first kappa shape index (κ1) is 12.1. The zero-order valence-corrected chi connectivity index (χ0v) is 10.6. The van der Waals surface area contributed by atoms with Gasteiger partial charge in [0.25, 0.3) is 10.0 Å². The summed E-state index contributed by atoms with van der Waals surface area (Å²) in [4.78, 5) is 0. The highest BCUT2D eigenvalue weighted by Crippen LogP contribution is 2.21. The van der Waals surface area contributed by atoms with Crippen molar-refractivity contribution in [3.8, 4) is 0 Å². The predicted octanol–water partition coefficient (Wildman–Crippen LogP) is 1.11. The Morgan fingerprint density at radius 2 is 2.29 bits per heavy atom. The van der Waals surface area contributed by atoms with E-state index in [1.807, 2.05) is 0 Å². The average Bonchev–Trinajstić information content (AvgIpc) is 2.85. The van der Waals surface area contributed by atoms with Gasteiger partial charge in [-0.15, -0.1) is 11.3 Å². The van der Waals surface area contributed by atoms with Crippen LogP contribution < -0.4 is 10.5 Å². The Morgan fingerprint density at radius 3 is 2.82 bits per heavy atom. The molecule has 6 nitrogen and oxygen atoms in total. The largest absolute Gasteiger partial charge is 0.398 e. The number of nitrogens with one attached hydrogen (secondary N) is 1. The summed E-state index contributed by atoms with van der Waals surface area (Å²) in [5.74, 6) is 0.468. The zero-order valence-electron chi connectivity index (χ0n) is 9.00. The lowest BCUT2D eigenvalue weighted by atomic mass is 10.4. The molecule has 0 fully saturated rings. The second kappa shape index (κ2) is 4.47. The molecular formula is C9H11N3O3S2. The van der Waals surface area contributed by atoms with E-state index in [2.05, 4.69) is 9.88 Å². The fourth-order valence-corrected chi connectivity index (χ4v) is 3.33. The van der Waals surface area contributed by atoms with E-state index in [1.54, 1.807) is 18.4 Å². The van der Waals surface area contributed by atoms with E-state index in [9.17, 15) is 8.42 Å². The van der Waals surface area contributed by atoms with Gasteiger partial charge < -0.3 is 10.3 Å². The first-order valence-corrected chi connectivity index (χ1v) is 7.09. The maximum Gasteiger partial charge on any atom is 0.250 e. The number of nitrogen functional groups attached to an aromatic ring is 1. The molecule has 2 aromatic heterocycles. The Labute approximate surface area is 102 Å². The molecule has 17 heavy (non-hydrogen) atoms. The standard InChI is InChI=1S/C9H11N3O3S2/c1-6-2-8(15-12-6)4-11-17(13,14)9-3-7(10)5-16-9/h2-3,5,11H,4,10H2,1H3. The number of aromatic nitrogens is 1. The van der Waals surface area contributed by atoms with Gasteiger partial charge in [-0.25, -0.2) is 13.1 Å². The third-order valence-corrected chi connectivity index (χ3v) is 4.83. The van der Waals surface area contributed by atoms with Crippen molar-refractivity contribution in [1.82, 2.24) is 9.88 Å². The van der Waals surface area contributed by atoms with E-state index in [1.165, 1.54) is 6.07 Å². The van der Waals surface area contributed by atoms with E-state index >= 15 is 0 Å². The maximum atomic E-state index is 11.8. The van der Waals surface area contributed by atoms with Crippen molar-refractivity contribution >= 4 is 27.0 Å². The number of nitrogens with zero attached hydrogens (tertiary/aromatic N) is 1. The van der Waals surface area contributed by atoms with Crippen LogP contribution in [0.2, 0.25) is 0 Å². The van der Waals surface area contributed by atoms with Crippen LogP contribution in [0.15, 0.2) is 26.2 Å². The summed E-state index contributed by atoms with van der Waals surface area (Å²) >= 11 is 1.08. The van der Waals surface area contributed by atoms with Gasteiger partial charge in [-0.05, 0) is 13.0 Å². The summed E-state index contributed by atoms with van der Waals surface area (Å²) in [6.07, 6.45) is 0. The number of aryl methyl sites for hydroxylation is 1. The predicted molar refractivity (Wildman–Crippen MR) is 64.0 cm³/mol. The van der Waals surface area contributed by atoms with Gasteiger partial charge >= 0.3 is 0 Å². The van der Waals surface area contributed by atoms with E-state index in [-0.39, 0.29) is 10.8 Å². The van der Waals surface area contributed by atoms with Crippen LogP contribution in [0.1, 0.15) is 11.5 Å². The van der Waals surface area contributed by atoms with E-state index in [0.29, 0.717) is 17.1 Å². The molecule has 0 amide bonds. The molecule has 0 saturated heterocycles. The second-order valence-electron chi connectivity index (χ2n) is 3.46. The lowest BCUT2D eigenvalue weighted by molar-refractivity contribution is 0.377. The number of hydrogen-bond acceptors (Lipinski definition) is 6. The van der Waals surface area contributed by atoms with Gasteiger partial charge in [-0.3, -0.25) is 0 Å². The molecule has 0 unspecified atom stereocenters. The minimum atomic E-state index is -3.53. The van der Waals surface area contributed by atoms with Gasteiger partial charge in [0.15, 0.2) is 5.76 Å². The lowest BCUT2D eigenvalue weighted by Gasteiger charge is -2.01. The molecule has 0 aliphatic rings. The van der Waals surface area contributed by atoms with Crippen molar-refractivity contribution in [2.75, 3.05) is 5.73 Å². The van der Waals surface area contributed by atoms with Crippen molar-refractivity contribution in [3.05, 3.63) is 29.0 Å². The van der Waals surface area contributed by atoms with Crippen molar-refractivity contribution in [3.63, 3.8) is 0 Å². The Morgan fingerprint density at radius 1 is 1.53 bits per heavy atom. The fourth-order valence-electron chi connectivity index (χ4n) is 1.21. The molecule has 2 heterocycles. The Balaban J connectivity index is 2.08. The van der Waals surface area contributed by atoms with E-state index in [0.717, 1.165) is 11.3 Å². The summed E-state index contributed by atoms with van der Waals surface area (Å²) in [6.45, 7) is 1.84. The minimum absolute atomic E-state index is 0.0704. The average molecular weight is 273 g/mol. The van der Waals surface area contributed by atoms with Crippen LogP contribution >= 0.6 is 11.3 Å². The second-order valence-corrected chi connectivity index (χ2v) is 6.36. The molecule has 0 spiro atoms. The minimum Gasteiger partial charge on any atom is -0.398 e. The topological polar surface area (TPSA) is 98.2 Å². The highest BCUT2D eigenvalue weighted by atomic mass is 32.2. The molecule has 0 aliphatic carbocycles. The van der Waals surface area contributed by atoms with Gasteiger partial charge in [0.2, 0.25) is 0 Å². The number of rotatable bonds is 4. The van der Waals surface area contributed by atoms with Crippen molar-refractivity contribution in [2.45, 2.75) is 17.7 Å². The van der Waals surface area contributed by atoms with Crippen LogP contribution in [-0.2, 0) is 16.6 Å². The van der Waals surface area contributed by atoms with Gasteiger partial charge in [-0.1, -0.05) is 5.16 Å². The van der Waals surface area contributed by atoms with Crippen LogP contribution in [0.3, 0.4) is 0 Å². The van der Waals surface area contributed by atoms with Gasteiger partial charge in [-0.2, -0.15) is 0 Å². The quantitative estimate of drug-likeness (QED) is 0.869. The van der Waals surface area contributed by atoms with Crippen LogP contribution in [0, 0.1) is 6.92 Å². The SMILES string of the molecule is Cc1cc(CNS(=O)(=O)c2cc(N)cs2)on1. The summed E-state index contributed by atoms with van der Waals surface area (Å²) in [5.41, 5.74) is 6.62. The number of nitrogens with two attached hydrogens (primary N) is 1. The van der Waals surface area contributed by atoms with Crippen LogP contribution in [0.5, 0.6) is 0 Å². The molecule has 0 bridgehead atoms. The fraction of sp³-hybridized carbons (Fsp3) is 0.222. The number of anilines is 1. The Bertz CT molecular complexity index is 615. The normalized spacial score (nSPS) is 11.8. The molecular weight excluding hydrogens is 262 g/mol. The monoisotopic (exact) mass is 273 g/mol. The number of hydrogen-bond donors (Lipinski definition) is 2. The Hall–Kier alpha value is -1.38. The molecule has 0 saturated carbocycles. The molecule has 0 radical (unpaired) electrons. The first-order valence-electron chi connectivity index (χ1n) is 4.73. The van der Waals surface area contributed by atoms with Gasteiger partial charge in [0, 0.05) is 17.1 Å². The van der Waals surface area contributed by atoms with Gasteiger partial charge in [0.1, 0.15) is 4.21 Å². The van der Waals surface area contributed by atoms with Crippen LogP contribution in [-0.4, -0.2) is 13.6 Å². The first-order chi connectivity index (χ1) is 7.97. The van der Waals surface area contributed by atoms with Crippen molar-refractivity contribution in [1.29, 1.82) is 0 Å². The zero-order chi connectivity index (χ0) is 12.5. The molecule has 2 rings (SSSR count). The lowest BCUT2D eigenvalue weighted by Crippen LogP contribution is -2.22. The molecule has 0 aliphatic heterocycles. The summed E-state index contributed by atoms with van der Waals surface area (Å²) < 4.78 is 31.1. The van der Waals surface area contributed by atoms with Crippen molar-refractivity contribution in [2.24, 2.45) is 0 Å². The van der Waals surface area contributed by atoms with Gasteiger partial charge in [0.05, 0.1) is 12.2 Å². The van der Waals surface area contributed by atoms with Crippen LogP contribution in [0.4, 0.5) is 5.69 Å². The summed E-state index contributed by atoms with van der Waals surface area (Å²) in [5, 5.41) is 5.24. The van der Waals surface area contributed by atoms with E-state index < -0.39 is 10.0 Å². The highest BCUT2D eigenvalue weighted by molar-refractivity contribution is 7.91. The summed E-state index contributed by atoms with van der Waals surface area (Å²) in [6, 6.07) is 3.09. The molecule has 92 valence electrons.